The molecule has 0 saturated carbocycles. The van der Waals surface area contributed by atoms with E-state index in [2.05, 4.69) is 20.3 Å². The molecule has 0 aliphatic carbocycles. The standard InChI is InChI=1S/C15H21N5O6/c1-24-15-19-9-12(18-7-2-3-25-5-7)16-6-17-13(9)20(15)14-11(23)10(22)8(4-21)26-14/h6-8,10-11,14,21-23H,2-5H2,1H3,(H,16,17,18)/t7-,8-,10-,11-,14-/m1/s1. The van der Waals surface area contributed by atoms with E-state index in [1.807, 2.05) is 0 Å². The lowest BCUT2D eigenvalue weighted by atomic mass is 10.1. The zero-order valence-corrected chi connectivity index (χ0v) is 14.1. The SMILES string of the molecule is COc1nc2c(N[C@@H]3CCOC3)ncnc2n1[C@@H]1O[C@H](CO)[C@@H](O)[C@H]1O. The Bertz CT molecular complexity index is 779. The van der Waals surface area contributed by atoms with Gasteiger partial charge in [0.15, 0.2) is 23.2 Å². The fourth-order valence-electron chi connectivity index (χ4n) is 3.30. The Labute approximate surface area is 148 Å². The molecule has 4 rings (SSSR count). The van der Waals surface area contributed by atoms with E-state index in [1.165, 1.54) is 18.0 Å². The number of methoxy groups -OCH3 is 1. The zero-order chi connectivity index (χ0) is 18.3. The molecule has 4 heterocycles. The van der Waals surface area contributed by atoms with Crippen LogP contribution in [0.4, 0.5) is 5.82 Å². The minimum Gasteiger partial charge on any atom is -0.468 e. The second-order valence-electron chi connectivity index (χ2n) is 6.30. The quantitative estimate of drug-likeness (QED) is 0.500. The van der Waals surface area contributed by atoms with Gasteiger partial charge in [-0.3, -0.25) is 0 Å². The van der Waals surface area contributed by atoms with Crippen molar-refractivity contribution in [1.82, 2.24) is 19.5 Å². The van der Waals surface area contributed by atoms with Crippen LogP contribution in [-0.2, 0) is 9.47 Å². The number of hydrogen-bond acceptors (Lipinski definition) is 10. The van der Waals surface area contributed by atoms with Crippen LogP contribution in [0.25, 0.3) is 11.2 Å². The lowest BCUT2D eigenvalue weighted by Crippen LogP contribution is -2.33. The van der Waals surface area contributed by atoms with E-state index >= 15 is 0 Å². The molecule has 2 fully saturated rings. The van der Waals surface area contributed by atoms with Crippen molar-refractivity contribution < 1.29 is 29.5 Å². The summed E-state index contributed by atoms with van der Waals surface area (Å²) in [5.74, 6) is 0.522. The van der Waals surface area contributed by atoms with Crippen LogP contribution in [0, 0.1) is 0 Å². The molecule has 0 spiro atoms. The molecular formula is C15H21N5O6. The number of aromatic nitrogens is 4. The molecule has 2 aliphatic rings. The van der Waals surface area contributed by atoms with Crippen molar-refractivity contribution in [3.63, 3.8) is 0 Å². The molecule has 2 aliphatic heterocycles. The monoisotopic (exact) mass is 367 g/mol. The van der Waals surface area contributed by atoms with Gasteiger partial charge in [-0.1, -0.05) is 0 Å². The number of ether oxygens (including phenoxy) is 3. The molecule has 2 saturated heterocycles. The van der Waals surface area contributed by atoms with Gasteiger partial charge in [-0.05, 0) is 6.42 Å². The number of anilines is 1. The Kier molecular flexibility index (Phi) is 4.63. The number of aliphatic hydroxyl groups is 3. The second kappa shape index (κ2) is 6.93. The first-order valence-corrected chi connectivity index (χ1v) is 8.37. The highest BCUT2D eigenvalue weighted by molar-refractivity contribution is 5.84. The molecule has 11 heteroatoms. The van der Waals surface area contributed by atoms with E-state index in [0.717, 1.165) is 6.42 Å². The summed E-state index contributed by atoms with van der Waals surface area (Å²) in [5.41, 5.74) is 0.835. The molecule has 0 unspecified atom stereocenters. The molecule has 4 N–H and O–H groups in total. The van der Waals surface area contributed by atoms with Crippen molar-refractivity contribution in [3.05, 3.63) is 6.33 Å². The predicted octanol–water partition coefficient (Wildman–Crippen LogP) is -1.35. The summed E-state index contributed by atoms with van der Waals surface area (Å²) >= 11 is 0. The summed E-state index contributed by atoms with van der Waals surface area (Å²) in [6.45, 7) is 0.845. The largest absolute Gasteiger partial charge is 0.468 e. The number of nitrogens with one attached hydrogen (secondary N) is 1. The van der Waals surface area contributed by atoms with Crippen LogP contribution in [0.2, 0.25) is 0 Å². The van der Waals surface area contributed by atoms with Crippen LogP contribution in [0.5, 0.6) is 6.01 Å². The molecule has 0 radical (unpaired) electrons. The van der Waals surface area contributed by atoms with Gasteiger partial charge in [0, 0.05) is 6.61 Å². The number of fused-ring (bicyclic) bond motifs is 1. The Morgan fingerprint density at radius 2 is 2.19 bits per heavy atom. The number of imidazole rings is 1. The van der Waals surface area contributed by atoms with Gasteiger partial charge in [0.05, 0.1) is 26.4 Å². The van der Waals surface area contributed by atoms with E-state index in [-0.39, 0.29) is 12.1 Å². The Balaban J connectivity index is 1.75. The fraction of sp³-hybridized carbons (Fsp3) is 0.667. The van der Waals surface area contributed by atoms with E-state index in [1.54, 1.807) is 0 Å². The van der Waals surface area contributed by atoms with Crippen molar-refractivity contribution in [3.8, 4) is 6.01 Å². The highest BCUT2D eigenvalue weighted by Gasteiger charge is 2.45. The maximum absolute atomic E-state index is 10.3. The number of hydrogen-bond donors (Lipinski definition) is 4. The van der Waals surface area contributed by atoms with E-state index < -0.39 is 31.1 Å². The third kappa shape index (κ3) is 2.77. The van der Waals surface area contributed by atoms with Crippen LogP contribution < -0.4 is 10.1 Å². The third-order valence-corrected chi connectivity index (χ3v) is 4.67. The molecule has 26 heavy (non-hydrogen) atoms. The van der Waals surface area contributed by atoms with Crippen LogP contribution in [0.1, 0.15) is 12.6 Å². The number of aliphatic hydroxyl groups excluding tert-OH is 3. The van der Waals surface area contributed by atoms with Gasteiger partial charge in [0.25, 0.3) is 0 Å². The number of nitrogens with zero attached hydrogens (tertiary/aromatic N) is 4. The Morgan fingerprint density at radius 1 is 1.35 bits per heavy atom. The second-order valence-corrected chi connectivity index (χ2v) is 6.30. The molecule has 0 aromatic carbocycles. The minimum absolute atomic E-state index is 0.123. The third-order valence-electron chi connectivity index (χ3n) is 4.67. The van der Waals surface area contributed by atoms with Gasteiger partial charge in [0.1, 0.15) is 24.6 Å². The van der Waals surface area contributed by atoms with Crippen molar-refractivity contribution in [2.45, 2.75) is 37.0 Å². The first-order chi connectivity index (χ1) is 12.6. The molecule has 2 aromatic rings. The lowest BCUT2D eigenvalue weighted by molar-refractivity contribution is -0.0537. The van der Waals surface area contributed by atoms with E-state index in [0.29, 0.717) is 30.2 Å². The average Bonchev–Trinajstić information content (AvgIpc) is 3.35. The van der Waals surface area contributed by atoms with Crippen LogP contribution in [0.3, 0.4) is 0 Å². The molecule has 5 atom stereocenters. The Morgan fingerprint density at radius 3 is 2.85 bits per heavy atom. The summed E-state index contributed by atoms with van der Waals surface area (Å²) in [6.07, 6.45) is -2.18. The zero-order valence-electron chi connectivity index (χ0n) is 14.1. The normalized spacial score (nSPS) is 31.6. The van der Waals surface area contributed by atoms with Crippen molar-refractivity contribution in [2.24, 2.45) is 0 Å². The summed E-state index contributed by atoms with van der Waals surface area (Å²) in [7, 11) is 1.43. The van der Waals surface area contributed by atoms with Crippen molar-refractivity contribution in [2.75, 3.05) is 32.2 Å². The average molecular weight is 367 g/mol. The molecule has 0 amide bonds. The van der Waals surface area contributed by atoms with Gasteiger partial charge < -0.3 is 34.8 Å². The van der Waals surface area contributed by atoms with Gasteiger partial charge in [-0.15, -0.1) is 0 Å². The first kappa shape index (κ1) is 17.4. The highest BCUT2D eigenvalue weighted by atomic mass is 16.6. The number of rotatable bonds is 5. The summed E-state index contributed by atoms with van der Waals surface area (Å²) in [4.78, 5) is 12.9. The summed E-state index contributed by atoms with van der Waals surface area (Å²) in [6, 6.07) is 0.277. The fourth-order valence-corrected chi connectivity index (χ4v) is 3.30. The maximum atomic E-state index is 10.3. The molecule has 142 valence electrons. The summed E-state index contributed by atoms with van der Waals surface area (Å²) < 4.78 is 17.7. The van der Waals surface area contributed by atoms with Gasteiger partial charge >= 0.3 is 6.01 Å². The van der Waals surface area contributed by atoms with E-state index in [4.69, 9.17) is 14.2 Å². The van der Waals surface area contributed by atoms with Crippen LogP contribution >= 0.6 is 0 Å². The van der Waals surface area contributed by atoms with Gasteiger partial charge in [-0.25, -0.2) is 14.5 Å². The maximum Gasteiger partial charge on any atom is 0.300 e. The predicted molar refractivity (Wildman–Crippen MR) is 87.7 cm³/mol. The topological polar surface area (TPSA) is 144 Å². The minimum atomic E-state index is -1.27. The highest BCUT2D eigenvalue weighted by Crippen LogP contribution is 2.36. The van der Waals surface area contributed by atoms with Gasteiger partial charge in [0.2, 0.25) is 0 Å². The van der Waals surface area contributed by atoms with Gasteiger partial charge in [-0.2, -0.15) is 4.98 Å². The summed E-state index contributed by atoms with van der Waals surface area (Å²) in [5, 5.41) is 33.0. The van der Waals surface area contributed by atoms with Crippen LogP contribution in [0.15, 0.2) is 6.33 Å². The first-order valence-electron chi connectivity index (χ1n) is 8.37. The van der Waals surface area contributed by atoms with Crippen molar-refractivity contribution >= 4 is 17.0 Å². The smallest absolute Gasteiger partial charge is 0.300 e. The molecular weight excluding hydrogens is 346 g/mol. The lowest BCUT2D eigenvalue weighted by Gasteiger charge is -2.18. The van der Waals surface area contributed by atoms with Crippen molar-refractivity contribution in [1.29, 1.82) is 0 Å². The van der Waals surface area contributed by atoms with E-state index in [9.17, 15) is 15.3 Å². The molecule has 2 aromatic heterocycles. The molecule has 0 bridgehead atoms. The van der Waals surface area contributed by atoms with Crippen LogP contribution in [-0.4, -0.2) is 86.1 Å². The molecule has 11 nitrogen and oxygen atoms in total. The Hall–Kier alpha value is -2.05.